The molecule has 112 valence electrons. The number of aromatic nitrogens is 2. The Morgan fingerprint density at radius 3 is 2.67 bits per heavy atom. The molecule has 0 unspecified atom stereocenters. The van der Waals surface area contributed by atoms with Gasteiger partial charge < -0.3 is 19.8 Å². The molecule has 0 radical (unpaired) electrons. The summed E-state index contributed by atoms with van der Waals surface area (Å²) in [7, 11) is 3.91. The lowest BCUT2D eigenvalue weighted by atomic mass is 10.2. The maximum atomic E-state index is 11.7. The second-order valence-corrected chi connectivity index (χ2v) is 4.70. The molecule has 2 N–H and O–H groups in total. The van der Waals surface area contributed by atoms with Crippen LogP contribution in [0.25, 0.3) is 11.4 Å². The zero-order chi connectivity index (χ0) is 15.2. The first-order chi connectivity index (χ1) is 10.1. The number of hydrogen-bond donors (Lipinski definition) is 2. The highest BCUT2D eigenvalue weighted by atomic mass is 16.5. The van der Waals surface area contributed by atoms with Crippen LogP contribution in [0.5, 0.6) is 0 Å². The first-order valence-electron chi connectivity index (χ1n) is 6.62. The number of benzene rings is 1. The van der Waals surface area contributed by atoms with E-state index in [4.69, 9.17) is 9.63 Å². The van der Waals surface area contributed by atoms with Gasteiger partial charge in [-0.1, -0.05) is 5.16 Å². The van der Waals surface area contributed by atoms with E-state index in [1.807, 2.05) is 43.3 Å². The summed E-state index contributed by atoms with van der Waals surface area (Å²) in [6.07, 6.45) is 0.485. The van der Waals surface area contributed by atoms with Gasteiger partial charge in [-0.3, -0.25) is 4.79 Å². The molecular formula is C14H18N4O3. The van der Waals surface area contributed by atoms with Crippen molar-refractivity contribution in [2.24, 2.45) is 0 Å². The molecule has 7 heteroatoms. The minimum Gasteiger partial charge on any atom is -0.396 e. The van der Waals surface area contributed by atoms with E-state index in [-0.39, 0.29) is 12.5 Å². The van der Waals surface area contributed by atoms with Crippen molar-refractivity contribution in [3.05, 3.63) is 30.2 Å². The number of carbonyl (C=O) groups excluding carboxylic acids is 1. The molecule has 21 heavy (non-hydrogen) atoms. The fraction of sp³-hybridized carbons (Fsp3) is 0.357. The van der Waals surface area contributed by atoms with Gasteiger partial charge >= 0.3 is 11.8 Å². The molecule has 2 rings (SSSR count). The molecule has 0 bridgehead atoms. The lowest BCUT2D eigenvalue weighted by molar-refractivity contribution is 0.0907. The van der Waals surface area contributed by atoms with Crippen LogP contribution in [0.2, 0.25) is 0 Å². The van der Waals surface area contributed by atoms with Gasteiger partial charge in [-0.05, 0) is 30.7 Å². The average Bonchev–Trinajstić information content (AvgIpc) is 2.97. The molecule has 0 saturated heterocycles. The van der Waals surface area contributed by atoms with E-state index in [0.29, 0.717) is 18.8 Å². The summed E-state index contributed by atoms with van der Waals surface area (Å²) in [6.45, 7) is 0.387. The minimum atomic E-state index is -0.438. The zero-order valence-electron chi connectivity index (χ0n) is 12.0. The number of carbonyl (C=O) groups is 1. The predicted molar refractivity (Wildman–Crippen MR) is 78.1 cm³/mol. The standard InChI is InChI=1S/C14H18N4O3/c1-18(2)11-6-4-10(5-7-11)12-16-14(21-17-12)13(20)15-8-3-9-19/h4-7,19H,3,8-9H2,1-2H3,(H,15,20). The molecule has 0 aliphatic rings. The molecule has 0 aliphatic carbocycles. The Bertz CT molecular complexity index is 593. The zero-order valence-corrected chi connectivity index (χ0v) is 12.0. The normalized spacial score (nSPS) is 10.4. The molecular weight excluding hydrogens is 272 g/mol. The number of anilines is 1. The summed E-state index contributed by atoms with van der Waals surface area (Å²) in [5, 5.41) is 15.0. The topological polar surface area (TPSA) is 91.5 Å². The highest BCUT2D eigenvalue weighted by molar-refractivity contribution is 5.89. The summed E-state index contributed by atoms with van der Waals surface area (Å²) in [5.41, 5.74) is 1.84. The minimum absolute atomic E-state index is 0.0214. The molecule has 7 nitrogen and oxygen atoms in total. The van der Waals surface area contributed by atoms with E-state index in [1.165, 1.54) is 0 Å². The summed E-state index contributed by atoms with van der Waals surface area (Å²) < 4.78 is 4.94. The van der Waals surface area contributed by atoms with E-state index in [2.05, 4.69) is 15.5 Å². The molecule has 0 aliphatic heterocycles. The second-order valence-electron chi connectivity index (χ2n) is 4.70. The molecule has 1 aromatic heterocycles. The van der Waals surface area contributed by atoms with Gasteiger partial charge in [0.25, 0.3) is 0 Å². The van der Waals surface area contributed by atoms with Gasteiger partial charge in [-0.2, -0.15) is 4.98 Å². The van der Waals surface area contributed by atoms with Crippen LogP contribution in [0.3, 0.4) is 0 Å². The number of nitrogens with one attached hydrogen (secondary N) is 1. The monoisotopic (exact) mass is 290 g/mol. The van der Waals surface area contributed by atoms with E-state index < -0.39 is 5.91 Å². The number of nitrogens with zero attached hydrogens (tertiary/aromatic N) is 3. The Balaban J connectivity index is 2.07. The highest BCUT2D eigenvalue weighted by Gasteiger charge is 2.15. The third-order valence-electron chi connectivity index (χ3n) is 2.88. The fourth-order valence-electron chi connectivity index (χ4n) is 1.70. The molecule has 0 saturated carbocycles. The van der Waals surface area contributed by atoms with Gasteiger partial charge in [-0.25, -0.2) is 0 Å². The molecule has 1 heterocycles. The van der Waals surface area contributed by atoms with Crippen molar-refractivity contribution in [1.29, 1.82) is 0 Å². The molecule has 0 atom stereocenters. The van der Waals surface area contributed by atoms with Crippen molar-refractivity contribution in [2.75, 3.05) is 32.1 Å². The van der Waals surface area contributed by atoms with Crippen LogP contribution in [-0.2, 0) is 0 Å². The smallest absolute Gasteiger partial charge is 0.316 e. The Hall–Kier alpha value is -2.41. The molecule has 0 fully saturated rings. The van der Waals surface area contributed by atoms with Gasteiger partial charge in [0.1, 0.15) is 0 Å². The van der Waals surface area contributed by atoms with Crippen molar-refractivity contribution in [2.45, 2.75) is 6.42 Å². The van der Waals surface area contributed by atoms with Gasteiger partial charge in [0.15, 0.2) is 0 Å². The Kier molecular flexibility index (Phi) is 4.89. The Morgan fingerprint density at radius 1 is 1.33 bits per heavy atom. The maximum Gasteiger partial charge on any atom is 0.316 e. The largest absolute Gasteiger partial charge is 0.396 e. The van der Waals surface area contributed by atoms with Crippen LogP contribution in [0.4, 0.5) is 5.69 Å². The van der Waals surface area contributed by atoms with Crippen molar-refractivity contribution in [3.63, 3.8) is 0 Å². The molecule has 0 spiro atoms. The number of aliphatic hydroxyl groups excluding tert-OH is 1. The van der Waals surface area contributed by atoms with Gasteiger partial charge in [-0.15, -0.1) is 0 Å². The van der Waals surface area contributed by atoms with Crippen molar-refractivity contribution in [3.8, 4) is 11.4 Å². The number of aliphatic hydroxyl groups is 1. The predicted octanol–water partition coefficient (Wildman–Crippen LogP) is 0.915. The number of rotatable bonds is 6. The summed E-state index contributed by atoms with van der Waals surface area (Å²) in [5.74, 6) is -0.153. The van der Waals surface area contributed by atoms with Crippen molar-refractivity contribution >= 4 is 11.6 Å². The summed E-state index contributed by atoms with van der Waals surface area (Å²) in [4.78, 5) is 17.8. The van der Waals surface area contributed by atoms with Crippen LogP contribution >= 0.6 is 0 Å². The van der Waals surface area contributed by atoms with E-state index in [1.54, 1.807) is 0 Å². The van der Waals surface area contributed by atoms with Crippen molar-refractivity contribution in [1.82, 2.24) is 15.5 Å². The van der Waals surface area contributed by atoms with Gasteiger partial charge in [0.05, 0.1) is 0 Å². The fourth-order valence-corrected chi connectivity index (χ4v) is 1.70. The van der Waals surface area contributed by atoms with E-state index in [0.717, 1.165) is 11.3 Å². The van der Waals surface area contributed by atoms with Gasteiger partial charge in [0, 0.05) is 38.5 Å². The number of hydrogen-bond acceptors (Lipinski definition) is 6. The Labute approximate surface area is 122 Å². The lowest BCUT2D eigenvalue weighted by Gasteiger charge is -2.11. The first kappa shape index (κ1) is 15.0. The first-order valence-corrected chi connectivity index (χ1v) is 6.62. The molecule has 2 aromatic rings. The van der Waals surface area contributed by atoms with E-state index >= 15 is 0 Å². The molecule has 1 amide bonds. The summed E-state index contributed by atoms with van der Waals surface area (Å²) >= 11 is 0. The van der Waals surface area contributed by atoms with Crippen LogP contribution < -0.4 is 10.2 Å². The highest BCUT2D eigenvalue weighted by Crippen LogP contribution is 2.19. The van der Waals surface area contributed by atoms with Crippen LogP contribution in [0, 0.1) is 0 Å². The van der Waals surface area contributed by atoms with Crippen molar-refractivity contribution < 1.29 is 14.4 Å². The average molecular weight is 290 g/mol. The van der Waals surface area contributed by atoms with Crippen LogP contribution in [-0.4, -0.2) is 48.4 Å². The third-order valence-corrected chi connectivity index (χ3v) is 2.88. The molecule has 1 aromatic carbocycles. The number of amides is 1. The van der Waals surface area contributed by atoms with Gasteiger partial charge in [0.2, 0.25) is 5.82 Å². The van der Waals surface area contributed by atoms with Crippen LogP contribution in [0.15, 0.2) is 28.8 Å². The third kappa shape index (κ3) is 3.79. The second kappa shape index (κ2) is 6.85. The van der Waals surface area contributed by atoms with Crippen LogP contribution in [0.1, 0.15) is 17.1 Å². The quantitative estimate of drug-likeness (QED) is 0.769. The Morgan fingerprint density at radius 2 is 2.05 bits per heavy atom. The maximum absolute atomic E-state index is 11.7. The van der Waals surface area contributed by atoms with E-state index in [9.17, 15) is 4.79 Å². The summed E-state index contributed by atoms with van der Waals surface area (Å²) in [6, 6.07) is 7.61. The SMILES string of the molecule is CN(C)c1ccc(-c2noc(C(=O)NCCCO)n2)cc1. The lowest BCUT2D eigenvalue weighted by Crippen LogP contribution is -2.25.